The van der Waals surface area contributed by atoms with E-state index >= 15 is 0 Å². The van der Waals surface area contributed by atoms with Crippen LogP contribution in [-0.2, 0) is 35.7 Å². The Morgan fingerprint density at radius 1 is 0.636 bits per heavy atom. The molecule has 1 aliphatic heterocycles. The molecule has 6 rings (SSSR count). The van der Waals surface area contributed by atoms with E-state index in [4.69, 9.17) is 15.2 Å². The van der Waals surface area contributed by atoms with E-state index in [1.165, 1.54) is 11.1 Å². The van der Waals surface area contributed by atoms with Gasteiger partial charge in [-0.15, -0.1) is 0 Å². The van der Waals surface area contributed by atoms with Gasteiger partial charge in [0.25, 0.3) is 0 Å². The first-order chi connectivity index (χ1) is 21.7. The Kier molecular flexibility index (Phi) is 9.93. The normalized spacial score (nSPS) is 18.4. The van der Waals surface area contributed by atoms with Crippen LogP contribution in [0.1, 0.15) is 52.2 Å². The molecule has 0 aliphatic carbocycles. The van der Waals surface area contributed by atoms with Crippen LogP contribution in [0.5, 0.6) is 0 Å². The van der Waals surface area contributed by atoms with Crippen LogP contribution in [0.3, 0.4) is 0 Å². The molecule has 0 aromatic heterocycles. The first kappa shape index (κ1) is 29.9. The molecule has 0 bridgehead atoms. The van der Waals surface area contributed by atoms with Gasteiger partial charge in [-0.25, -0.2) is 0 Å². The number of hydrogen-bond donors (Lipinski definition) is 2. The number of rotatable bonds is 11. The quantitative estimate of drug-likeness (QED) is 0.168. The second-order valence-electron chi connectivity index (χ2n) is 11.5. The summed E-state index contributed by atoms with van der Waals surface area (Å²) in [6.45, 7) is 2.93. The van der Waals surface area contributed by atoms with E-state index in [-0.39, 0.29) is 18.8 Å². The fraction of sp³-hybridized carbons (Fsp3) is 0.231. The predicted octanol–water partition coefficient (Wildman–Crippen LogP) is 7.55. The summed E-state index contributed by atoms with van der Waals surface area (Å²) in [6.07, 6.45) is 0.0305. The van der Waals surface area contributed by atoms with Crippen molar-refractivity contribution in [1.82, 2.24) is 4.90 Å². The molecule has 5 nitrogen and oxygen atoms in total. The molecule has 1 saturated heterocycles. The van der Waals surface area contributed by atoms with Crippen molar-refractivity contribution in [3.63, 3.8) is 0 Å². The van der Waals surface area contributed by atoms with Gasteiger partial charge in [-0.3, -0.25) is 4.90 Å². The molecule has 5 aromatic rings. The van der Waals surface area contributed by atoms with Crippen LogP contribution in [0, 0.1) is 0 Å². The summed E-state index contributed by atoms with van der Waals surface area (Å²) >= 11 is 0. The number of aliphatic hydroxyl groups excluding tert-OH is 1. The van der Waals surface area contributed by atoms with Gasteiger partial charge in [-0.1, -0.05) is 133 Å². The van der Waals surface area contributed by atoms with Gasteiger partial charge in [0.1, 0.15) is 0 Å². The van der Waals surface area contributed by atoms with Crippen LogP contribution in [-0.4, -0.2) is 22.7 Å². The summed E-state index contributed by atoms with van der Waals surface area (Å²) in [7, 11) is 0. The summed E-state index contributed by atoms with van der Waals surface area (Å²) in [4.78, 5) is 2.47. The molecule has 1 fully saturated rings. The third-order valence-corrected chi connectivity index (χ3v) is 8.31. The Balaban J connectivity index is 1.27. The highest BCUT2D eigenvalue weighted by Crippen LogP contribution is 2.39. The number of nitrogens with zero attached hydrogens (tertiary/aromatic N) is 1. The van der Waals surface area contributed by atoms with Crippen molar-refractivity contribution in [3.05, 3.63) is 167 Å². The lowest BCUT2D eigenvalue weighted by atomic mass is 9.97. The van der Waals surface area contributed by atoms with Crippen molar-refractivity contribution in [2.24, 2.45) is 5.73 Å². The fourth-order valence-corrected chi connectivity index (χ4v) is 5.99. The minimum atomic E-state index is -0.509. The van der Waals surface area contributed by atoms with E-state index in [2.05, 4.69) is 114 Å². The summed E-state index contributed by atoms with van der Waals surface area (Å²) in [5.74, 6) is 0. The molecule has 1 heterocycles. The Labute approximate surface area is 260 Å². The Morgan fingerprint density at radius 2 is 1.23 bits per heavy atom. The first-order valence-corrected chi connectivity index (χ1v) is 15.4. The van der Waals surface area contributed by atoms with E-state index in [0.717, 1.165) is 59.4 Å². The van der Waals surface area contributed by atoms with Crippen molar-refractivity contribution in [2.75, 3.05) is 6.54 Å². The summed E-state index contributed by atoms with van der Waals surface area (Å²) in [6, 6.07) is 46.0. The molecule has 1 aliphatic rings. The smallest absolute Gasteiger partial charge is 0.184 e. The van der Waals surface area contributed by atoms with Gasteiger partial charge >= 0.3 is 0 Å². The molecule has 5 heteroatoms. The maximum atomic E-state index is 9.59. The average Bonchev–Trinajstić information content (AvgIpc) is 3.09. The Morgan fingerprint density at radius 3 is 1.84 bits per heavy atom. The van der Waals surface area contributed by atoms with Crippen LogP contribution < -0.4 is 5.73 Å². The van der Waals surface area contributed by atoms with Crippen molar-refractivity contribution in [1.29, 1.82) is 0 Å². The van der Waals surface area contributed by atoms with Gasteiger partial charge < -0.3 is 20.3 Å². The minimum Gasteiger partial charge on any atom is -0.392 e. The predicted molar refractivity (Wildman–Crippen MR) is 175 cm³/mol. The van der Waals surface area contributed by atoms with Crippen molar-refractivity contribution < 1.29 is 14.6 Å². The first-order valence-electron chi connectivity index (χ1n) is 15.4. The third-order valence-electron chi connectivity index (χ3n) is 8.31. The van der Waals surface area contributed by atoms with Crippen molar-refractivity contribution in [3.8, 4) is 11.1 Å². The highest BCUT2D eigenvalue weighted by Gasteiger charge is 2.33. The Hall–Kier alpha value is -4.10. The molecule has 5 aromatic carbocycles. The van der Waals surface area contributed by atoms with E-state index in [1.54, 1.807) is 0 Å². The van der Waals surface area contributed by atoms with E-state index in [1.807, 2.05) is 24.3 Å². The van der Waals surface area contributed by atoms with E-state index in [0.29, 0.717) is 6.54 Å². The molecule has 44 heavy (non-hydrogen) atoms. The zero-order valence-electron chi connectivity index (χ0n) is 25.0. The highest BCUT2D eigenvalue weighted by molar-refractivity contribution is 5.67. The topological polar surface area (TPSA) is 68.0 Å². The lowest BCUT2D eigenvalue weighted by Gasteiger charge is -2.38. The van der Waals surface area contributed by atoms with Gasteiger partial charge in [0.2, 0.25) is 0 Å². The van der Waals surface area contributed by atoms with Crippen molar-refractivity contribution >= 4 is 0 Å². The molecular weight excluding hydrogens is 544 g/mol. The van der Waals surface area contributed by atoms with Crippen LogP contribution in [0.25, 0.3) is 11.1 Å². The van der Waals surface area contributed by atoms with Crippen LogP contribution >= 0.6 is 0 Å². The van der Waals surface area contributed by atoms with Crippen LogP contribution in [0.4, 0.5) is 0 Å². The molecule has 3 unspecified atom stereocenters. The maximum Gasteiger partial charge on any atom is 0.184 e. The van der Waals surface area contributed by atoms with Crippen LogP contribution in [0.2, 0.25) is 0 Å². The number of benzene rings is 5. The molecule has 3 atom stereocenters. The standard InChI is InChI=1S/C39H40N2O3/c40-24-35-13-7-8-14-37(35)32-19-21-34(22-20-32)39-43-36(23-38(44-39)33-17-15-31(28-42)16-18-33)27-41(25-29-9-3-1-4-10-29)26-30-11-5-2-6-12-30/h1-22,36,38-39,42H,23-28,40H2. The lowest BCUT2D eigenvalue weighted by molar-refractivity contribution is -0.253. The second-order valence-corrected chi connectivity index (χ2v) is 11.5. The molecular formula is C39H40N2O3. The zero-order valence-corrected chi connectivity index (χ0v) is 25.0. The fourth-order valence-electron chi connectivity index (χ4n) is 5.99. The Bertz CT molecular complexity index is 1550. The summed E-state index contributed by atoms with van der Waals surface area (Å²) < 4.78 is 13.4. The second kappa shape index (κ2) is 14.6. The number of nitrogens with two attached hydrogens (primary N) is 1. The zero-order chi connectivity index (χ0) is 30.1. The summed E-state index contributed by atoms with van der Waals surface area (Å²) in [5.41, 5.74) is 14.9. The third kappa shape index (κ3) is 7.51. The average molecular weight is 585 g/mol. The van der Waals surface area contributed by atoms with Gasteiger partial charge in [0.05, 0.1) is 18.8 Å². The monoisotopic (exact) mass is 584 g/mol. The molecule has 224 valence electrons. The van der Waals surface area contributed by atoms with Crippen molar-refractivity contribution in [2.45, 2.75) is 51.2 Å². The van der Waals surface area contributed by atoms with Gasteiger partial charge in [-0.2, -0.15) is 0 Å². The number of ether oxygens (including phenoxy) is 2. The van der Waals surface area contributed by atoms with Crippen LogP contribution in [0.15, 0.2) is 133 Å². The van der Waals surface area contributed by atoms with E-state index < -0.39 is 6.29 Å². The van der Waals surface area contributed by atoms with Gasteiger partial charge in [0.15, 0.2) is 6.29 Å². The minimum absolute atomic E-state index is 0.0216. The molecule has 0 spiro atoms. The largest absolute Gasteiger partial charge is 0.392 e. The molecule has 3 N–H and O–H groups in total. The van der Waals surface area contributed by atoms with Gasteiger partial charge in [-0.05, 0) is 38.9 Å². The number of hydrogen-bond acceptors (Lipinski definition) is 5. The lowest BCUT2D eigenvalue weighted by Crippen LogP contribution is -2.39. The molecule has 0 radical (unpaired) electrons. The van der Waals surface area contributed by atoms with Gasteiger partial charge in [0, 0.05) is 38.2 Å². The molecule has 0 amide bonds. The van der Waals surface area contributed by atoms with E-state index in [9.17, 15) is 5.11 Å². The number of aliphatic hydroxyl groups is 1. The highest BCUT2D eigenvalue weighted by atomic mass is 16.7. The molecule has 0 saturated carbocycles. The summed E-state index contributed by atoms with van der Waals surface area (Å²) in [5, 5.41) is 9.59. The maximum absolute atomic E-state index is 9.59. The SMILES string of the molecule is NCc1ccccc1-c1ccc(C2OC(CN(Cc3ccccc3)Cc3ccccc3)CC(c3ccc(CO)cc3)O2)cc1.